The maximum Gasteiger partial charge on any atom is 0.196 e. The van der Waals surface area contributed by atoms with Crippen LogP contribution in [0.4, 0.5) is 5.69 Å². The summed E-state index contributed by atoms with van der Waals surface area (Å²) in [6.07, 6.45) is 0. The van der Waals surface area contributed by atoms with Gasteiger partial charge in [0.2, 0.25) is 0 Å². The summed E-state index contributed by atoms with van der Waals surface area (Å²) in [6.45, 7) is 0. The van der Waals surface area contributed by atoms with Crippen molar-refractivity contribution in [3.63, 3.8) is 0 Å². The van der Waals surface area contributed by atoms with Gasteiger partial charge in [-0.3, -0.25) is 9.59 Å². The fourth-order valence-electron chi connectivity index (χ4n) is 4.31. The van der Waals surface area contributed by atoms with Crippen molar-refractivity contribution in [2.45, 2.75) is 11.6 Å². The number of hydrogen-bond acceptors (Lipinski definition) is 4. The van der Waals surface area contributed by atoms with E-state index in [1.54, 1.807) is 43.5 Å². The van der Waals surface area contributed by atoms with Gasteiger partial charge in [-0.15, -0.1) is 0 Å². The van der Waals surface area contributed by atoms with E-state index in [2.05, 4.69) is 0 Å². The van der Waals surface area contributed by atoms with Gasteiger partial charge in [0.15, 0.2) is 17.1 Å². The molecule has 1 saturated heterocycles. The molecule has 2 aliphatic rings. The number of benzene rings is 3. The fourth-order valence-corrected chi connectivity index (χ4v) is 4.43. The number of nitrogens with zero attached hydrogens (tertiary/aromatic N) is 1. The van der Waals surface area contributed by atoms with Crippen LogP contribution in [0.15, 0.2) is 72.8 Å². The minimum Gasteiger partial charge on any atom is -0.497 e. The van der Waals surface area contributed by atoms with Crippen LogP contribution in [-0.4, -0.2) is 24.7 Å². The zero-order valence-corrected chi connectivity index (χ0v) is 15.8. The maximum atomic E-state index is 13.7. The van der Waals surface area contributed by atoms with Gasteiger partial charge >= 0.3 is 0 Å². The zero-order valence-electron chi connectivity index (χ0n) is 15.1. The van der Waals surface area contributed by atoms with Crippen LogP contribution >= 0.6 is 11.6 Å². The van der Waals surface area contributed by atoms with Gasteiger partial charge in [-0.1, -0.05) is 48.0 Å². The third-order valence-corrected chi connectivity index (χ3v) is 5.88. The molecule has 0 N–H and O–H groups in total. The number of methoxy groups -OCH3 is 1. The number of carbonyl (C=O) groups excluding carboxylic acids is 2. The third kappa shape index (κ3) is 2.12. The highest BCUT2D eigenvalue weighted by atomic mass is 35.5. The molecule has 2 atom stereocenters. The van der Waals surface area contributed by atoms with Gasteiger partial charge in [0, 0.05) is 21.8 Å². The number of carbonyl (C=O) groups is 2. The number of Topliss-reactive ketones (excluding diaryl/α,β-unsaturated/α-hetero) is 2. The Kier molecular flexibility index (Phi) is 3.61. The van der Waals surface area contributed by atoms with Crippen LogP contribution in [0.1, 0.15) is 26.3 Å². The average Bonchev–Trinajstić information content (AvgIpc) is 3.44. The molecule has 0 bridgehead atoms. The third-order valence-electron chi connectivity index (χ3n) is 5.63. The van der Waals surface area contributed by atoms with Crippen LogP contribution < -0.4 is 9.64 Å². The molecule has 3 aromatic carbocycles. The molecule has 0 spiro atoms. The van der Waals surface area contributed by atoms with E-state index >= 15 is 0 Å². The highest BCUT2D eigenvalue weighted by Gasteiger charge is 2.74. The van der Waals surface area contributed by atoms with Gasteiger partial charge < -0.3 is 9.64 Å². The number of anilines is 1. The second kappa shape index (κ2) is 5.94. The van der Waals surface area contributed by atoms with Gasteiger partial charge in [0.05, 0.1) is 7.11 Å². The van der Waals surface area contributed by atoms with Crippen molar-refractivity contribution in [3.05, 3.63) is 94.5 Å². The van der Waals surface area contributed by atoms with Crippen molar-refractivity contribution in [3.8, 4) is 5.75 Å². The Morgan fingerprint density at radius 2 is 1.54 bits per heavy atom. The van der Waals surface area contributed by atoms with E-state index in [9.17, 15) is 9.59 Å². The summed E-state index contributed by atoms with van der Waals surface area (Å²) >= 11 is 6.06. The van der Waals surface area contributed by atoms with Gasteiger partial charge in [-0.25, -0.2) is 0 Å². The molecule has 5 heteroatoms. The monoisotopic (exact) mass is 389 g/mol. The summed E-state index contributed by atoms with van der Waals surface area (Å²) < 4.78 is 5.24. The SMILES string of the molecule is COc1ccc(N2C3C(=O)c4ccccc4C(=O)C32c2ccc(Cl)cc2)cc1. The largest absolute Gasteiger partial charge is 0.497 e. The van der Waals surface area contributed by atoms with Crippen LogP contribution in [-0.2, 0) is 5.54 Å². The lowest BCUT2D eigenvalue weighted by molar-refractivity contribution is 0.0881. The number of rotatable bonds is 3. The van der Waals surface area contributed by atoms with Crippen LogP contribution in [0.5, 0.6) is 5.75 Å². The van der Waals surface area contributed by atoms with Crippen LogP contribution in [0.2, 0.25) is 5.02 Å². The van der Waals surface area contributed by atoms with Gasteiger partial charge in [-0.2, -0.15) is 0 Å². The molecule has 2 unspecified atom stereocenters. The molecule has 3 aromatic rings. The molecule has 0 aromatic heterocycles. The smallest absolute Gasteiger partial charge is 0.196 e. The normalized spacial score (nSPS) is 22.5. The fraction of sp³-hybridized carbons (Fsp3) is 0.130. The minimum atomic E-state index is -1.04. The highest BCUT2D eigenvalue weighted by molar-refractivity contribution is 6.31. The lowest BCUT2D eigenvalue weighted by Crippen LogP contribution is -2.35. The Balaban J connectivity index is 1.71. The first-order valence-electron chi connectivity index (χ1n) is 8.96. The molecule has 1 heterocycles. The molecule has 4 nitrogen and oxygen atoms in total. The standard InChI is InChI=1S/C23H16ClNO3/c1-28-17-12-10-16(11-13-17)25-21-20(26)18-4-2-3-5-19(18)22(27)23(21,25)14-6-8-15(24)9-7-14/h2-13,21H,1H3. The first-order valence-corrected chi connectivity index (χ1v) is 9.34. The van der Waals surface area contributed by atoms with Crippen LogP contribution in [0.25, 0.3) is 0 Å². The summed E-state index contributed by atoms with van der Waals surface area (Å²) in [4.78, 5) is 28.9. The number of ether oxygens (including phenoxy) is 1. The van der Waals surface area contributed by atoms with Crippen LogP contribution in [0, 0.1) is 0 Å². The van der Waals surface area contributed by atoms with Crippen LogP contribution in [0.3, 0.4) is 0 Å². The average molecular weight is 390 g/mol. The quantitative estimate of drug-likeness (QED) is 0.618. The van der Waals surface area contributed by atoms with E-state index in [1.807, 2.05) is 41.3 Å². The van der Waals surface area contributed by atoms with E-state index in [4.69, 9.17) is 16.3 Å². The molecule has 0 amide bonds. The Hall–Kier alpha value is -3.11. The zero-order chi connectivity index (χ0) is 19.5. The number of hydrogen-bond donors (Lipinski definition) is 0. The Morgan fingerprint density at radius 3 is 2.18 bits per heavy atom. The lowest BCUT2D eigenvalue weighted by atomic mass is 9.78. The van der Waals surface area contributed by atoms with Gasteiger partial charge in [0.1, 0.15) is 11.8 Å². The molecule has 0 saturated carbocycles. The van der Waals surface area contributed by atoms with E-state index in [0.29, 0.717) is 16.1 Å². The summed E-state index contributed by atoms with van der Waals surface area (Å²) in [5.41, 5.74) is 1.48. The van der Waals surface area contributed by atoms with Gasteiger partial charge in [-0.05, 0) is 42.0 Å². The summed E-state index contributed by atoms with van der Waals surface area (Å²) in [5, 5.41) is 0.586. The Labute approximate surface area is 167 Å². The number of fused-ring (bicyclic) bond motifs is 2. The van der Waals surface area contributed by atoms with E-state index < -0.39 is 11.6 Å². The van der Waals surface area contributed by atoms with Crippen molar-refractivity contribution in [2.75, 3.05) is 12.0 Å². The maximum absolute atomic E-state index is 13.7. The molecule has 1 fully saturated rings. The van der Waals surface area contributed by atoms with Crippen molar-refractivity contribution >= 4 is 28.9 Å². The molecule has 5 rings (SSSR count). The predicted molar refractivity (Wildman–Crippen MR) is 107 cm³/mol. The summed E-state index contributed by atoms with van der Waals surface area (Å²) in [5.74, 6) is 0.613. The molecular weight excluding hydrogens is 374 g/mol. The first-order chi connectivity index (χ1) is 13.6. The van der Waals surface area contributed by atoms with E-state index in [1.165, 1.54) is 0 Å². The van der Waals surface area contributed by atoms with Gasteiger partial charge in [0.25, 0.3) is 0 Å². The summed E-state index contributed by atoms with van der Waals surface area (Å²) in [6, 6.07) is 21.1. The second-order valence-corrected chi connectivity index (χ2v) is 7.42. The Morgan fingerprint density at radius 1 is 0.893 bits per heavy atom. The number of ketones is 2. The molecule has 28 heavy (non-hydrogen) atoms. The van der Waals surface area contributed by atoms with Crippen molar-refractivity contribution in [2.24, 2.45) is 0 Å². The molecular formula is C23H16ClNO3. The molecule has 1 aliphatic heterocycles. The second-order valence-electron chi connectivity index (χ2n) is 6.98. The minimum absolute atomic E-state index is 0.0408. The van der Waals surface area contributed by atoms with Crippen molar-refractivity contribution < 1.29 is 14.3 Å². The first kappa shape index (κ1) is 17.0. The van der Waals surface area contributed by atoms with Crippen molar-refractivity contribution in [1.82, 2.24) is 0 Å². The number of halogens is 1. The predicted octanol–water partition coefficient (Wildman–Crippen LogP) is 4.51. The molecule has 138 valence electrons. The van der Waals surface area contributed by atoms with E-state index in [0.717, 1.165) is 17.0 Å². The van der Waals surface area contributed by atoms with Crippen molar-refractivity contribution in [1.29, 1.82) is 0 Å². The molecule has 1 aliphatic carbocycles. The summed E-state index contributed by atoms with van der Waals surface area (Å²) in [7, 11) is 1.60. The topological polar surface area (TPSA) is 46.4 Å². The Bertz CT molecular complexity index is 1110. The van der Waals surface area contributed by atoms with E-state index in [-0.39, 0.29) is 11.6 Å². The lowest BCUT2D eigenvalue weighted by Gasteiger charge is -2.21. The molecule has 0 radical (unpaired) electrons. The highest BCUT2D eigenvalue weighted by Crippen LogP contribution is 2.58.